The lowest BCUT2D eigenvalue weighted by Gasteiger charge is -2.17. The molecule has 0 bridgehead atoms. The topological polar surface area (TPSA) is 62.2 Å². The minimum absolute atomic E-state index is 0.0784. The number of carbonyl (C=O) groups is 1. The molecule has 1 aromatic heterocycles. The third-order valence-corrected chi connectivity index (χ3v) is 3.61. The zero-order chi connectivity index (χ0) is 13.5. The maximum Gasteiger partial charge on any atom is 0.233 e. The molecule has 2 atom stereocenters. The van der Waals surface area contributed by atoms with Gasteiger partial charge in [0.1, 0.15) is 0 Å². The van der Waals surface area contributed by atoms with E-state index in [-0.39, 0.29) is 17.1 Å². The number of pyridine rings is 1. The number of hydrogen-bond donors (Lipinski definition) is 2. The number of aromatic nitrogens is 1. The highest BCUT2D eigenvalue weighted by Crippen LogP contribution is 2.20. The van der Waals surface area contributed by atoms with E-state index < -0.39 is 6.10 Å². The fourth-order valence-electron chi connectivity index (χ4n) is 1.24. The molecular formula is C13H20N2O2S. The van der Waals surface area contributed by atoms with E-state index in [1.54, 1.807) is 6.20 Å². The van der Waals surface area contributed by atoms with Crippen molar-refractivity contribution in [3.8, 4) is 0 Å². The Labute approximate surface area is 112 Å². The van der Waals surface area contributed by atoms with E-state index >= 15 is 0 Å². The molecule has 0 radical (unpaired) electrons. The van der Waals surface area contributed by atoms with E-state index in [2.05, 4.69) is 10.3 Å². The first kappa shape index (κ1) is 15.0. The molecule has 2 N–H and O–H groups in total. The minimum atomic E-state index is -0.499. The van der Waals surface area contributed by atoms with Crippen molar-refractivity contribution in [3.05, 3.63) is 24.4 Å². The van der Waals surface area contributed by atoms with Crippen molar-refractivity contribution in [2.75, 3.05) is 6.54 Å². The van der Waals surface area contributed by atoms with Gasteiger partial charge in [0.05, 0.1) is 16.4 Å². The third kappa shape index (κ3) is 5.06. The zero-order valence-corrected chi connectivity index (χ0v) is 11.8. The Morgan fingerprint density at radius 2 is 2.17 bits per heavy atom. The van der Waals surface area contributed by atoms with Crippen molar-refractivity contribution < 1.29 is 9.90 Å². The van der Waals surface area contributed by atoms with Crippen molar-refractivity contribution in [3.63, 3.8) is 0 Å². The van der Waals surface area contributed by atoms with Crippen LogP contribution in [0.5, 0.6) is 0 Å². The fraction of sp³-hybridized carbons (Fsp3) is 0.538. The summed E-state index contributed by atoms with van der Waals surface area (Å²) in [4.78, 5) is 16.0. The molecule has 4 nitrogen and oxygen atoms in total. The van der Waals surface area contributed by atoms with Crippen LogP contribution in [-0.4, -0.2) is 33.9 Å². The Balaban J connectivity index is 2.38. The van der Waals surface area contributed by atoms with Crippen LogP contribution in [0.2, 0.25) is 0 Å². The van der Waals surface area contributed by atoms with Crippen LogP contribution in [-0.2, 0) is 4.79 Å². The van der Waals surface area contributed by atoms with E-state index in [0.717, 1.165) is 5.03 Å². The number of rotatable bonds is 6. The maximum absolute atomic E-state index is 11.8. The molecule has 0 aliphatic heterocycles. The number of thioether (sulfide) groups is 1. The second-order valence-corrected chi connectivity index (χ2v) is 5.85. The first-order valence-electron chi connectivity index (χ1n) is 6.04. The Morgan fingerprint density at radius 3 is 2.72 bits per heavy atom. The highest BCUT2D eigenvalue weighted by Gasteiger charge is 2.16. The van der Waals surface area contributed by atoms with E-state index in [9.17, 15) is 9.90 Å². The molecule has 0 saturated heterocycles. The van der Waals surface area contributed by atoms with Gasteiger partial charge in [-0.3, -0.25) is 4.79 Å². The Bertz CT molecular complexity index is 371. The summed E-state index contributed by atoms with van der Waals surface area (Å²) < 4.78 is 0. The number of nitrogens with zero attached hydrogens (tertiary/aromatic N) is 1. The Morgan fingerprint density at radius 1 is 1.44 bits per heavy atom. The first-order chi connectivity index (χ1) is 8.50. The number of aliphatic hydroxyl groups is 1. The standard InChI is InChI=1S/C13H20N2O2S/c1-9(2)11(16)8-15-13(17)10(3)18-12-6-4-5-7-14-12/h4-7,9-11,16H,8H2,1-3H3,(H,15,17). The lowest BCUT2D eigenvalue weighted by molar-refractivity contribution is -0.120. The summed E-state index contributed by atoms with van der Waals surface area (Å²) in [5.74, 6) is 0.0643. The summed E-state index contributed by atoms with van der Waals surface area (Å²) in [5, 5.41) is 13.0. The lowest BCUT2D eigenvalue weighted by atomic mass is 10.1. The fourth-order valence-corrected chi connectivity index (χ4v) is 2.07. The van der Waals surface area contributed by atoms with Gasteiger partial charge in [-0.2, -0.15) is 0 Å². The molecule has 18 heavy (non-hydrogen) atoms. The molecule has 1 amide bonds. The number of nitrogens with one attached hydrogen (secondary N) is 1. The minimum Gasteiger partial charge on any atom is -0.391 e. The molecule has 1 aromatic rings. The molecule has 0 fully saturated rings. The number of hydrogen-bond acceptors (Lipinski definition) is 4. The van der Waals surface area contributed by atoms with Crippen LogP contribution in [0.25, 0.3) is 0 Å². The first-order valence-corrected chi connectivity index (χ1v) is 6.92. The van der Waals surface area contributed by atoms with Gasteiger partial charge in [0.15, 0.2) is 0 Å². The second-order valence-electron chi connectivity index (χ2n) is 4.48. The summed E-state index contributed by atoms with van der Waals surface area (Å²) in [7, 11) is 0. The van der Waals surface area contributed by atoms with Gasteiger partial charge in [-0.1, -0.05) is 31.7 Å². The van der Waals surface area contributed by atoms with Crippen LogP contribution in [0.1, 0.15) is 20.8 Å². The van der Waals surface area contributed by atoms with Gasteiger partial charge in [-0.15, -0.1) is 0 Å². The summed E-state index contributed by atoms with van der Waals surface area (Å²) in [6, 6.07) is 5.60. The molecule has 0 saturated carbocycles. The monoisotopic (exact) mass is 268 g/mol. The number of aliphatic hydroxyl groups excluding tert-OH is 1. The predicted molar refractivity (Wildman–Crippen MR) is 73.4 cm³/mol. The Kier molecular flexibility index (Phi) is 6.15. The van der Waals surface area contributed by atoms with Crippen LogP contribution in [0.4, 0.5) is 0 Å². The van der Waals surface area contributed by atoms with Gasteiger partial charge < -0.3 is 10.4 Å². The molecule has 1 rings (SSSR count). The zero-order valence-electron chi connectivity index (χ0n) is 11.0. The SMILES string of the molecule is CC(Sc1ccccn1)C(=O)NCC(O)C(C)C. The molecule has 0 aliphatic carbocycles. The normalized spacial score (nSPS) is 14.3. The smallest absolute Gasteiger partial charge is 0.233 e. The van der Waals surface area contributed by atoms with Gasteiger partial charge in [0.25, 0.3) is 0 Å². The quantitative estimate of drug-likeness (QED) is 0.771. The summed E-state index contributed by atoms with van der Waals surface area (Å²) >= 11 is 1.41. The highest BCUT2D eigenvalue weighted by atomic mass is 32.2. The second kappa shape index (κ2) is 7.38. The molecule has 100 valence electrons. The van der Waals surface area contributed by atoms with E-state index in [1.165, 1.54) is 11.8 Å². The molecule has 0 aromatic carbocycles. The molecular weight excluding hydrogens is 248 g/mol. The highest BCUT2D eigenvalue weighted by molar-refractivity contribution is 8.00. The maximum atomic E-state index is 11.8. The van der Waals surface area contributed by atoms with Crippen molar-refractivity contribution >= 4 is 17.7 Å². The van der Waals surface area contributed by atoms with Crippen molar-refractivity contribution in [1.82, 2.24) is 10.3 Å². The number of carbonyl (C=O) groups excluding carboxylic acids is 1. The molecule has 1 heterocycles. The molecule has 2 unspecified atom stereocenters. The number of amides is 1. The Hall–Kier alpha value is -1.07. The van der Waals surface area contributed by atoms with Crippen LogP contribution in [0.3, 0.4) is 0 Å². The average molecular weight is 268 g/mol. The predicted octanol–water partition coefficient (Wildman–Crippen LogP) is 1.70. The van der Waals surface area contributed by atoms with Crippen LogP contribution < -0.4 is 5.32 Å². The molecule has 0 spiro atoms. The largest absolute Gasteiger partial charge is 0.391 e. The average Bonchev–Trinajstić information content (AvgIpc) is 2.36. The van der Waals surface area contributed by atoms with E-state index in [0.29, 0.717) is 6.54 Å². The van der Waals surface area contributed by atoms with Crippen LogP contribution in [0.15, 0.2) is 29.4 Å². The van der Waals surface area contributed by atoms with Crippen LogP contribution in [0, 0.1) is 5.92 Å². The van der Waals surface area contributed by atoms with Gasteiger partial charge in [-0.05, 0) is 25.0 Å². The van der Waals surface area contributed by atoms with E-state index in [1.807, 2.05) is 39.0 Å². The van der Waals surface area contributed by atoms with Gasteiger partial charge in [0, 0.05) is 12.7 Å². The van der Waals surface area contributed by atoms with Crippen molar-refractivity contribution in [2.24, 2.45) is 5.92 Å². The van der Waals surface area contributed by atoms with Gasteiger partial charge >= 0.3 is 0 Å². The molecule has 0 aliphatic rings. The third-order valence-electron chi connectivity index (χ3n) is 2.56. The summed E-state index contributed by atoms with van der Waals surface area (Å²) in [6.07, 6.45) is 1.20. The van der Waals surface area contributed by atoms with Gasteiger partial charge in [0.2, 0.25) is 5.91 Å². The van der Waals surface area contributed by atoms with Crippen molar-refractivity contribution in [2.45, 2.75) is 37.2 Å². The lowest BCUT2D eigenvalue weighted by Crippen LogP contribution is -2.38. The van der Waals surface area contributed by atoms with Crippen molar-refractivity contribution in [1.29, 1.82) is 0 Å². The molecule has 5 heteroatoms. The summed E-state index contributed by atoms with van der Waals surface area (Å²) in [5.41, 5.74) is 0. The van der Waals surface area contributed by atoms with Crippen LogP contribution >= 0.6 is 11.8 Å². The van der Waals surface area contributed by atoms with E-state index in [4.69, 9.17) is 0 Å². The summed E-state index contributed by atoms with van der Waals surface area (Å²) in [6.45, 7) is 5.96. The van der Waals surface area contributed by atoms with Gasteiger partial charge in [-0.25, -0.2) is 4.98 Å².